The minimum absolute atomic E-state index is 0.331. The molecule has 0 spiro atoms. The molecule has 16 heavy (non-hydrogen) atoms. The van der Waals surface area contributed by atoms with Crippen molar-refractivity contribution in [3.63, 3.8) is 0 Å². The average molecular weight is 226 g/mol. The third-order valence-electron chi connectivity index (χ3n) is 4.40. The highest BCUT2D eigenvalue weighted by molar-refractivity contribution is 4.86. The lowest BCUT2D eigenvalue weighted by atomic mass is 9.96. The van der Waals surface area contributed by atoms with Crippen molar-refractivity contribution < 1.29 is 5.11 Å². The van der Waals surface area contributed by atoms with Gasteiger partial charge in [0.1, 0.15) is 0 Å². The Kier molecular flexibility index (Phi) is 4.62. The molecular formula is C13H26N2O. The standard InChI is InChI=1S/C13H26N2O/c14-13-6-3-4-11(13)10-15-8-2-1-5-12(15)7-9-16/h11-13,16H,1-10,14H2. The summed E-state index contributed by atoms with van der Waals surface area (Å²) in [6, 6.07) is 1.04. The number of likely N-dealkylation sites (tertiary alicyclic amines) is 1. The van der Waals surface area contributed by atoms with Crippen molar-refractivity contribution in [2.75, 3.05) is 19.7 Å². The smallest absolute Gasteiger partial charge is 0.0445 e. The minimum Gasteiger partial charge on any atom is -0.396 e. The van der Waals surface area contributed by atoms with E-state index in [9.17, 15) is 0 Å². The van der Waals surface area contributed by atoms with Crippen LogP contribution in [0.15, 0.2) is 0 Å². The first-order chi connectivity index (χ1) is 7.81. The Morgan fingerprint density at radius 2 is 2.00 bits per heavy atom. The average Bonchev–Trinajstić information content (AvgIpc) is 2.68. The van der Waals surface area contributed by atoms with Crippen LogP contribution in [0.2, 0.25) is 0 Å². The van der Waals surface area contributed by atoms with Crippen LogP contribution < -0.4 is 5.73 Å². The number of piperidine rings is 1. The van der Waals surface area contributed by atoms with E-state index >= 15 is 0 Å². The second-order valence-electron chi connectivity index (χ2n) is 5.51. The fourth-order valence-electron chi connectivity index (χ4n) is 3.37. The summed E-state index contributed by atoms with van der Waals surface area (Å²) in [5, 5.41) is 9.10. The Morgan fingerprint density at radius 1 is 1.12 bits per heavy atom. The maximum absolute atomic E-state index is 9.10. The van der Waals surface area contributed by atoms with Crippen LogP contribution >= 0.6 is 0 Å². The van der Waals surface area contributed by atoms with Crippen LogP contribution in [-0.4, -0.2) is 41.8 Å². The van der Waals surface area contributed by atoms with Crippen molar-refractivity contribution in [2.45, 2.75) is 57.0 Å². The largest absolute Gasteiger partial charge is 0.396 e. The lowest BCUT2D eigenvalue weighted by Crippen LogP contribution is -2.45. The number of hydrogen-bond acceptors (Lipinski definition) is 3. The van der Waals surface area contributed by atoms with Gasteiger partial charge >= 0.3 is 0 Å². The molecule has 1 saturated carbocycles. The molecule has 94 valence electrons. The molecule has 3 unspecified atom stereocenters. The fourth-order valence-corrected chi connectivity index (χ4v) is 3.37. The topological polar surface area (TPSA) is 49.5 Å². The zero-order valence-electron chi connectivity index (χ0n) is 10.3. The number of aliphatic hydroxyl groups excluding tert-OH is 1. The molecule has 3 heteroatoms. The van der Waals surface area contributed by atoms with Gasteiger partial charge in [-0.05, 0) is 44.6 Å². The van der Waals surface area contributed by atoms with E-state index in [1.807, 2.05) is 0 Å². The number of nitrogens with zero attached hydrogens (tertiary/aromatic N) is 1. The first kappa shape index (κ1) is 12.3. The monoisotopic (exact) mass is 226 g/mol. The van der Waals surface area contributed by atoms with Gasteiger partial charge in [0.15, 0.2) is 0 Å². The van der Waals surface area contributed by atoms with Crippen LogP contribution in [0.5, 0.6) is 0 Å². The molecule has 1 aliphatic carbocycles. The van der Waals surface area contributed by atoms with Crippen LogP contribution in [0, 0.1) is 5.92 Å². The van der Waals surface area contributed by atoms with Gasteiger partial charge in [0.25, 0.3) is 0 Å². The van der Waals surface area contributed by atoms with Gasteiger partial charge in [-0.3, -0.25) is 4.90 Å². The zero-order chi connectivity index (χ0) is 11.4. The normalized spacial score (nSPS) is 36.8. The third kappa shape index (κ3) is 2.96. The van der Waals surface area contributed by atoms with Crippen LogP contribution in [0.3, 0.4) is 0 Å². The lowest BCUT2D eigenvalue weighted by molar-refractivity contribution is 0.0995. The molecular weight excluding hydrogens is 200 g/mol. The van der Waals surface area contributed by atoms with Crippen molar-refractivity contribution in [1.82, 2.24) is 4.90 Å². The van der Waals surface area contributed by atoms with Crippen LogP contribution in [0.1, 0.15) is 44.9 Å². The Hall–Kier alpha value is -0.120. The molecule has 1 aliphatic heterocycles. The first-order valence-electron chi connectivity index (χ1n) is 6.91. The maximum atomic E-state index is 9.10. The van der Waals surface area contributed by atoms with Crippen molar-refractivity contribution in [1.29, 1.82) is 0 Å². The Morgan fingerprint density at radius 3 is 2.69 bits per heavy atom. The molecule has 0 radical (unpaired) electrons. The van der Waals surface area contributed by atoms with E-state index in [-0.39, 0.29) is 0 Å². The molecule has 2 rings (SSSR count). The molecule has 0 aromatic rings. The number of hydrogen-bond donors (Lipinski definition) is 2. The summed E-state index contributed by atoms with van der Waals surface area (Å²) in [5.74, 6) is 0.708. The van der Waals surface area contributed by atoms with E-state index in [0.29, 0.717) is 24.6 Å². The quantitative estimate of drug-likeness (QED) is 0.761. The van der Waals surface area contributed by atoms with E-state index in [1.54, 1.807) is 0 Å². The lowest BCUT2D eigenvalue weighted by Gasteiger charge is -2.37. The van der Waals surface area contributed by atoms with Crippen LogP contribution in [0.4, 0.5) is 0 Å². The van der Waals surface area contributed by atoms with Gasteiger partial charge < -0.3 is 10.8 Å². The Labute approximate surface area is 99.0 Å². The summed E-state index contributed by atoms with van der Waals surface area (Å²) in [6.45, 7) is 2.72. The SMILES string of the molecule is NC1CCCC1CN1CCCCC1CCO. The van der Waals surface area contributed by atoms with E-state index < -0.39 is 0 Å². The first-order valence-corrected chi connectivity index (χ1v) is 6.91. The summed E-state index contributed by atoms with van der Waals surface area (Å²) in [7, 11) is 0. The summed E-state index contributed by atoms with van der Waals surface area (Å²) in [4.78, 5) is 2.59. The van der Waals surface area contributed by atoms with E-state index in [2.05, 4.69) is 4.90 Å². The summed E-state index contributed by atoms with van der Waals surface area (Å²) in [5.41, 5.74) is 6.14. The predicted molar refractivity (Wildman–Crippen MR) is 66.2 cm³/mol. The van der Waals surface area contributed by atoms with Crippen LogP contribution in [-0.2, 0) is 0 Å². The summed E-state index contributed by atoms with van der Waals surface area (Å²) in [6.07, 6.45) is 8.70. The van der Waals surface area contributed by atoms with Crippen molar-refractivity contribution in [3.8, 4) is 0 Å². The highest BCUT2D eigenvalue weighted by atomic mass is 16.3. The molecule has 0 aromatic heterocycles. The van der Waals surface area contributed by atoms with E-state index in [1.165, 1.54) is 51.6 Å². The van der Waals surface area contributed by atoms with Gasteiger partial charge in [0, 0.05) is 25.2 Å². The second kappa shape index (κ2) is 5.99. The Balaban J connectivity index is 1.85. The molecule has 0 bridgehead atoms. The molecule has 3 atom stereocenters. The molecule has 1 saturated heterocycles. The highest BCUT2D eigenvalue weighted by Gasteiger charge is 2.29. The molecule has 0 aromatic carbocycles. The van der Waals surface area contributed by atoms with Gasteiger partial charge in [-0.15, -0.1) is 0 Å². The van der Waals surface area contributed by atoms with Crippen molar-refractivity contribution in [2.24, 2.45) is 11.7 Å². The fraction of sp³-hybridized carbons (Fsp3) is 1.00. The van der Waals surface area contributed by atoms with E-state index in [0.717, 1.165) is 6.42 Å². The van der Waals surface area contributed by atoms with Crippen LogP contribution in [0.25, 0.3) is 0 Å². The zero-order valence-corrected chi connectivity index (χ0v) is 10.3. The molecule has 0 amide bonds. The predicted octanol–water partition coefficient (Wildman–Crippen LogP) is 1.35. The molecule has 3 N–H and O–H groups in total. The maximum Gasteiger partial charge on any atom is 0.0445 e. The minimum atomic E-state index is 0.331. The van der Waals surface area contributed by atoms with E-state index in [4.69, 9.17) is 10.8 Å². The van der Waals surface area contributed by atoms with Crippen molar-refractivity contribution in [3.05, 3.63) is 0 Å². The molecule has 3 nitrogen and oxygen atoms in total. The molecule has 2 fully saturated rings. The Bertz CT molecular complexity index is 208. The number of aliphatic hydroxyl groups is 1. The summed E-state index contributed by atoms with van der Waals surface area (Å²) >= 11 is 0. The van der Waals surface area contributed by atoms with Gasteiger partial charge in [-0.2, -0.15) is 0 Å². The number of nitrogens with two attached hydrogens (primary N) is 1. The van der Waals surface area contributed by atoms with Gasteiger partial charge in [0.05, 0.1) is 0 Å². The molecule has 1 heterocycles. The number of rotatable bonds is 4. The van der Waals surface area contributed by atoms with Crippen molar-refractivity contribution >= 4 is 0 Å². The third-order valence-corrected chi connectivity index (χ3v) is 4.40. The van der Waals surface area contributed by atoms with Gasteiger partial charge in [-0.25, -0.2) is 0 Å². The van der Waals surface area contributed by atoms with Gasteiger partial charge in [-0.1, -0.05) is 12.8 Å². The highest BCUT2D eigenvalue weighted by Crippen LogP contribution is 2.28. The van der Waals surface area contributed by atoms with Gasteiger partial charge in [0.2, 0.25) is 0 Å². The summed E-state index contributed by atoms with van der Waals surface area (Å²) < 4.78 is 0. The molecule has 2 aliphatic rings. The second-order valence-corrected chi connectivity index (χ2v) is 5.51.